The molecule has 4 atom stereocenters. The van der Waals surface area contributed by atoms with Crippen LogP contribution in [0.5, 0.6) is 0 Å². The van der Waals surface area contributed by atoms with Crippen molar-refractivity contribution in [3.63, 3.8) is 0 Å². The number of aliphatic carboxylic acids is 1. The zero-order chi connectivity index (χ0) is 32.9. The molecule has 43 heavy (non-hydrogen) atoms. The first-order valence-electron chi connectivity index (χ1n) is 13.5. The van der Waals surface area contributed by atoms with Gasteiger partial charge in [0.2, 0.25) is 23.6 Å². The van der Waals surface area contributed by atoms with Crippen LogP contribution in [0.3, 0.4) is 0 Å². The third-order valence-electron chi connectivity index (χ3n) is 5.75. The Hall–Kier alpha value is -4.88. The molecule has 0 saturated carbocycles. The molecule has 244 valence electrons. The first-order chi connectivity index (χ1) is 20.1. The number of rotatable bonds is 22. The molecule has 0 aromatic carbocycles. The average Bonchev–Trinajstić information content (AvgIpc) is 2.91. The Morgan fingerprint density at radius 2 is 0.930 bits per heavy atom. The number of nitrogens with two attached hydrogens (primary N) is 8. The number of nitrogens with zero attached hydrogens (tertiary/aromatic N) is 3. The van der Waals surface area contributed by atoms with Gasteiger partial charge in [0.15, 0.2) is 17.9 Å². The molecule has 0 aliphatic rings. The number of nitrogens with one attached hydrogen (secondary N) is 3. The fourth-order valence-corrected chi connectivity index (χ4v) is 3.56. The summed E-state index contributed by atoms with van der Waals surface area (Å²) in [6.07, 6.45) is 0.589. The number of hydrogen-bond donors (Lipinski definition) is 12. The van der Waals surface area contributed by atoms with E-state index in [1.165, 1.54) is 0 Å². The largest absolute Gasteiger partial charge is 0.480 e. The highest BCUT2D eigenvalue weighted by atomic mass is 16.4. The molecule has 0 aromatic rings. The Morgan fingerprint density at radius 1 is 0.558 bits per heavy atom. The number of carboxylic acid groups (broad SMARTS) is 1. The fourth-order valence-electron chi connectivity index (χ4n) is 3.56. The molecule has 0 aromatic heterocycles. The summed E-state index contributed by atoms with van der Waals surface area (Å²) in [5, 5.41) is 16.9. The molecule has 4 unspecified atom stereocenters. The number of carboxylic acids is 1. The van der Waals surface area contributed by atoms with E-state index < -0.39 is 53.8 Å². The second-order valence-electron chi connectivity index (χ2n) is 9.48. The molecule has 0 rings (SSSR count). The summed E-state index contributed by atoms with van der Waals surface area (Å²) in [6.45, 7) is 0.508. The van der Waals surface area contributed by atoms with E-state index in [0.717, 1.165) is 0 Å². The number of aliphatic imine (C=N–C) groups is 3. The third kappa shape index (κ3) is 19.0. The summed E-state index contributed by atoms with van der Waals surface area (Å²) >= 11 is 0. The lowest BCUT2D eigenvalue weighted by Crippen LogP contribution is -2.57. The average molecular weight is 615 g/mol. The van der Waals surface area contributed by atoms with Gasteiger partial charge in [-0.3, -0.25) is 34.2 Å². The van der Waals surface area contributed by atoms with Gasteiger partial charge in [-0.15, -0.1) is 0 Å². The SMILES string of the molecule is NC(=O)CCC(NC(=O)C(CCCN=C(N)N)NC(=O)C(CCCN=C(N)N)NC(=O)C(N)CCCN=C(N)N)C(=O)O. The van der Waals surface area contributed by atoms with Crippen molar-refractivity contribution in [2.24, 2.45) is 60.8 Å². The highest BCUT2D eigenvalue weighted by Crippen LogP contribution is 2.07. The van der Waals surface area contributed by atoms with E-state index in [4.69, 9.17) is 45.9 Å². The van der Waals surface area contributed by atoms with Crippen LogP contribution < -0.4 is 61.8 Å². The van der Waals surface area contributed by atoms with Crippen molar-refractivity contribution >= 4 is 47.5 Å². The van der Waals surface area contributed by atoms with E-state index in [1.54, 1.807) is 0 Å². The van der Waals surface area contributed by atoms with Crippen molar-refractivity contribution in [2.45, 2.75) is 75.5 Å². The lowest BCUT2D eigenvalue weighted by atomic mass is 10.0. The zero-order valence-corrected chi connectivity index (χ0v) is 24.0. The number of hydrogen-bond acceptors (Lipinski definition) is 9. The van der Waals surface area contributed by atoms with Crippen molar-refractivity contribution in [3.05, 3.63) is 0 Å². The molecule has 20 nitrogen and oxygen atoms in total. The second kappa shape index (κ2) is 20.9. The smallest absolute Gasteiger partial charge is 0.326 e. The van der Waals surface area contributed by atoms with Crippen LogP contribution in [0, 0.1) is 0 Å². The van der Waals surface area contributed by atoms with Crippen LogP contribution in [0.4, 0.5) is 0 Å². The van der Waals surface area contributed by atoms with Crippen molar-refractivity contribution in [2.75, 3.05) is 19.6 Å². The number of primary amides is 1. The van der Waals surface area contributed by atoms with Crippen molar-refractivity contribution in [1.82, 2.24) is 16.0 Å². The number of carbonyl (C=O) groups is 5. The maximum atomic E-state index is 13.3. The Kier molecular flexibility index (Phi) is 18.5. The van der Waals surface area contributed by atoms with E-state index in [2.05, 4.69) is 30.9 Å². The normalized spacial score (nSPS) is 13.2. The number of guanidine groups is 3. The molecule has 0 aliphatic heterocycles. The van der Waals surface area contributed by atoms with Crippen LogP contribution >= 0.6 is 0 Å². The topological polar surface area (TPSA) is 387 Å². The van der Waals surface area contributed by atoms with Crippen molar-refractivity contribution in [3.8, 4) is 0 Å². The minimum Gasteiger partial charge on any atom is -0.480 e. The fraction of sp³-hybridized carbons (Fsp3) is 0.652. The van der Waals surface area contributed by atoms with Crippen LogP contribution in [-0.2, 0) is 24.0 Å². The highest BCUT2D eigenvalue weighted by Gasteiger charge is 2.30. The van der Waals surface area contributed by atoms with Crippen molar-refractivity contribution in [1.29, 1.82) is 0 Å². The van der Waals surface area contributed by atoms with E-state index >= 15 is 0 Å². The van der Waals surface area contributed by atoms with E-state index in [0.29, 0.717) is 6.42 Å². The lowest BCUT2D eigenvalue weighted by Gasteiger charge is -2.25. The van der Waals surface area contributed by atoms with Gasteiger partial charge in [0.05, 0.1) is 6.04 Å². The minimum atomic E-state index is -1.45. The summed E-state index contributed by atoms with van der Waals surface area (Å²) in [5.41, 5.74) is 43.0. The molecule has 0 spiro atoms. The van der Waals surface area contributed by atoms with E-state index in [-0.39, 0.29) is 82.5 Å². The standard InChI is InChI=1S/C23H46N14O6/c24-12(4-1-9-32-21(26)27)17(39)35-13(5-2-10-33-22(28)29)18(40)36-14(6-3-11-34-23(30)31)19(41)37-15(20(42)43)7-8-16(25)38/h12-15H,1-11,24H2,(H2,25,38)(H,35,39)(H,36,40)(H,37,41)(H,42,43)(H4,26,27,32)(H4,28,29,33)(H4,30,31,34). The minimum absolute atomic E-state index is 0.00448. The maximum absolute atomic E-state index is 13.3. The molecule has 0 bridgehead atoms. The molecular weight excluding hydrogens is 568 g/mol. The number of carbonyl (C=O) groups excluding carboxylic acids is 4. The van der Waals surface area contributed by atoms with Gasteiger partial charge in [0.25, 0.3) is 0 Å². The highest BCUT2D eigenvalue weighted by molar-refractivity contribution is 5.94. The Labute approximate surface area is 248 Å². The van der Waals surface area contributed by atoms with Crippen LogP contribution in [0.25, 0.3) is 0 Å². The molecule has 0 heterocycles. The Balaban J connectivity index is 5.77. The molecule has 20 heteroatoms. The van der Waals surface area contributed by atoms with Crippen molar-refractivity contribution < 1.29 is 29.1 Å². The van der Waals surface area contributed by atoms with E-state index in [9.17, 15) is 29.1 Å². The number of amides is 4. The monoisotopic (exact) mass is 614 g/mol. The summed E-state index contributed by atoms with van der Waals surface area (Å²) in [7, 11) is 0. The molecule has 0 saturated heterocycles. The predicted octanol–water partition coefficient (Wildman–Crippen LogP) is -5.72. The van der Waals surface area contributed by atoms with E-state index in [1.807, 2.05) is 0 Å². The van der Waals surface area contributed by atoms with Crippen LogP contribution in [-0.4, -0.2) is 96.4 Å². The Bertz CT molecular complexity index is 1020. The van der Waals surface area contributed by atoms with Gasteiger partial charge in [0, 0.05) is 26.1 Å². The van der Waals surface area contributed by atoms with Gasteiger partial charge in [0.1, 0.15) is 18.1 Å². The van der Waals surface area contributed by atoms with Gasteiger partial charge in [-0.2, -0.15) is 0 Å². The Morgan fingerprint density at radius 3 is 1.30 bits per heavy atom. The van der Waals surface area contributed by atoms with Crippen LogP contribution in [0.2, 0.25) is 0 Å². The molecular formula is C23H46N14O6. The summed E-state index contributed by atoms with van der Waals surface area (Å²) < 4.78 is 0. The van der Waals surface area contributed by atoms with Gasteiger partial charge >= 0.3 is 5.97 Å². The summed E-state index contributed by atoms with van der Waals surface area (Å²) in [5.74, 6) is -4.84. The van der Waals surface area contributed by atoms with Gasteiger partial charge < -0.3 is 66.9 Å². The molecule has 4 amide bonds. The van der Waals surface area contributed by atoms with Crippen LogP contribution in [0.1, 0.15) is 51.4 Å². The van der Waals surface area contributed by atoms with Gasteiger partial charge in [-0.05, 0) is 44.9 Å². The van der Waals surface area contributed by atoms with Gasteiger partial charge in [-0.1, -0.05) is 0 Å². The molecule has 0 fully saturated rings. The first-order valence-corrected chi connectivity index (χ1v) is 13.5. The first kappa shape index (κ1) is 38.1. The molecule has 0 radical (unpaired) electrons. The maximum Gasteiger partial charge on any atom is 0.326 e. The molecule has 20 N–H and O–H groups in total. The quantitative estimate of drug-likeness (QED) is 0.0307. The second-order valence-corrected chi connectivity index (χ2v) is 9.48. The predicted molar refractivity (Wildman–Crippen MR) is 160 cm³/mol. The lowest BCUT2D eigenvalue weighted by molar-refractivity contribution is -0.142. The van der Waals surface area contributed by atoms with Crippen LogP contribution in [0.15, 0.2) is 15.0 Å². The third-order valence-corrected chi connectivity index (χ3v) is 5.75. The molecule has 0 aliphatic carbocycles. The zero-order valence-electron chi connectivity index (χ0n) is 24.0. The summed E-state index contributed by atoms with van der Waals surface area (Å²) in [4.78, 5) is 73.4. The summed E-state index contributed by atoms with van der Waals surface area (Å²) in [6, 6.07) is -4.88. The van der Waals surface area contributed by atoms with Gasteiger partial charge in [-0.25, -0.2) is 4.79 Å².